The van der Waals surface area contributed by atoms with Crippen molar-refractivity contribution in [1.29, 1.82) is 0 Å². The molecule has 0 unspecified atom stereocenters. The van der Waals surface area contributed by atoms with E-state index in [1.807, 2.05) is 19.9 Å². The molecule has 0 atom stereocenters. The molecular weight excluding hydrogens is 190 g/mol. The lowest BCUT2D eigenvalue weighted by atomic mass is 10.1. The summed E-state index contributed by atoms with van der Waals surface area (Å²) in [5, 5.41) is 0.950. The Morgan fingerprint density at radius 1 is 1.27 bits per heavy atom. The third-order valence-electron chi connectivity index (χ3n) is 2.28. The van der Waals surface area contributed by atoms with Gasteiger partial charge < -0.3 is 5.73 Å². The SMILES string of the molecule is Cc1nc(C)c2ccc(C(N)=O)cc2n1. The van der Waals surface area contributed by atoms with Crippen LogP contribution in [0.25, 0.3) is 10.9 Å². The minimum Gasteiger partial charge on any atom is -0.366 e. The van der Waals surface area contributed by atoms with Crippen molar-refractivity contribution in [1.82, 2.24) is 9.97 Å². The van der Waals surface area contributed by atoms with Gasteiger partial charge in [-0.15, -0.1) is 0 Å². The molecular formula is C11H11N3O. The van der Waals surface area contributed by atoms with Crippen LogP contribution < -0.4 is 5.73 Å². The van der Waals surface area contributed by atoms with Crippen LogP contribution in [0, 0.1) is 13.8 Å². The number of benzene rings is 1. The minimum atomic E-state index is -0.439. The third-order valence-corrected chi connectivity index (χ3v) is 2.28. The number of carbonyl (C=O) groups is 1. The molecule has 76 valence electrons. The Morgan fingerprint density at radius 2 is 2.00 bits per heavy atom. The molecule has 1 heterocycles. The number of fused-ring (bicyclic) bond motifs is 1. The summed E-state index contributed by atoms with van der Waals surface area (Å²) in [6.07, 6.45) is 0. The summed E-state index contributed by atoms with van der Waals surface area (Å²) in [6.45, 7) is 3.74. The Morgan fingerprint density at radius 3 is 2.67 bits per heavy atom. The third kappa shape index (κ3) is 1.66. The monoisotopic (exact) mass is 201 g/mol. The molecule has 1 aromatic heterocycles. The summed E-state index contributed by atoms with van der Waals surface area (Å²) in [4.78, 5) is 19.5. The predicted molar refractivity (Wildman–Crippen MR) is 57.5 cm³/mol. The Labute approximate surface area is 87.1 Å². The Balaban J connectivity index is 2.76. The highest BCUT2D eigenvalue weighted by Crippen LogP contribution is 2.16. The highest BCUT2D eigenvalue weighted by molar-refractivity contribution is 5.97. The highest BCUT2D eigenvalue weighted by Gasteiger charge is 2.05. The van der Waals surface area contributed by atoms with Crippen LogP contribution >= 0.6 is 0 Å². The molecule has 0 saturated carbocycles. The molecule has 1 amide bonds. The van der Waals surface area contributed by atoms with Crippen LogP contribution in [0.15, 0.2) is 18.2 Å². The van der Waals surface area contributed by atoms with Crippen LogP contribution in [0.5, 0.6) is 0 Å². The Bertz CT molecular complexity index is 549. The fourth-order valence-electron chi connectivity index (χ4n) is 1.59. The van der Waals surface area contributed by atoms with E-state index in [-0.39, 0.29) is 0 Å². The number of amides is 1. The van der Waals surface area contributed by atoms with E-state index < -0.39 is 5.91 Å². The molecule has 4 nitrogen and oxygen atoms in total. The quantitative estimate of drug-likeness (QED) is 0.757. The van der Waals surface area contributed by atoms with Crippen LogP contribution in [-0.4, -0.2) is 15.9 Å². The van der Waals surface area contributed by atoms with Gasteiger partial charge in [0.05, 0.1) is 5.52 Å². The zero-order valence-electron chi connectivity index (χ0n) is 8.61. The van der Waals surface area contributed by atoms with Gasteiger partial charge in [0.2, 0.25) is 5.91 Å². The average Bonchev–Trinajstić information content (AvgIpc) is 2.16. The van der Waals surface area contributed by atoms with Crippen LogP contribution in [0.2, 0.25) is 0 Å². The molecule has 0 fully saturated rings. The predicted octanol–water partition coefficient (Wildman–Crippen LogP) is 1.35. The van der Waals surface area contributed by atoms with Gasteiger partial charge >= 0.3 is 0 Å². The van der Waals surface area contributed by atoms with Gasteiger partial charge in [0.1, 0.15) is 5.82 Å². The second-order valence-corrected chi connectivity index (χ2v) is 3.45. The maximum atomic E-state index is 11.0. The lowest BCUT2D eigenvalue weighted by molar-refractivity contribution is 0.100. The Hall–Kier alpha value is -1.97. The number of nitrogens with two attached hydrogens (primary N) is 1. The number of hydrogen-bond acceptors (Lipinski definition) is 3. The van der Waals surface area contributed by atoms with Gasteiger partial charge in [0, 0.05) is 16.6 Å². The molecule has 0 aliphatic carbocycles. The second-order valence-electron chi connectivity index (χ2n) is 3.45. The molecule has 2 rings (SSSR count). The molecule has 0 spiro atoms. The van der Waals surface area contributed by atoms with Crippen LogP contribution in [-0.2, 0) is 0 Å². The van der Waals surface area contributed by atoms with E-state index in [2.05, 4.69) is 9.97 Å². The topological polar surface area (TPSA) is 68.9 Å². The van der Waals surface area contributed by atoms with Crippen LogP contribution in [0.4, 0.5) is 0 Å². The van der Waals surface area contributed by atoms with Gasteiger partial charge in [-0.2, -0.15) is 0 Å². The van der Waals surface area contributed by atoms with Gasteiger partial charge in [-0.25, -0.2) is 9.97 Å². The molecule has 15 heavy (non-hydrogen) atoms. The van der Waals surface area contributed by atoms with Gasteiger partial charge in [0.15, 0.2) is 0 Å². The van der Waals surface area contributed by atoms with Gasteiger partial charge in [0.25, 0.3) is 0 Å². The first kappa shape index (κ1) is 9.58. The van der Waals surface area contributed by atoms with Gasteiger partial charge in [-0.05, 0) is 26.0 Å². The molecule has 2 aromatic rings. The smallest absolute Gasteiger partial charge is 0.248 e. The highest BCUT2D eigenvalue weighted by atomic mass is 16.1. The Kier molecular flexibility index (Phi) is 2.11. The standard InChI is InChI=1S/C11H11N3O/c1-6-9-4-3-8(11(12)15)5-10(9)14-7(2)13-6/h3-5H,1-2H3,(H2,12,15). The van der Waals surface area contributed by atoms with Crippen molar-refractivity contribution in [2.45, 2.75) is 13.8 Å². The second kappa shape index (κ2) is 3.31. The summed E-state index contributed by atoms with van der Waals surface area (Å²) in [7, 11) is 0. The largest absolute Gasteiger partial charge is 0.366 e. The maximum absolute atomic E-state index is 11.0. The van der Waals surface area contributed by atoms with E-state index in [1.54, 1.807) is 12.1 Å². The molecule has 1 aromatic carbocycles. The molecule has 0 aliphatic heterocycles. The first-order chi connectivity index (χ1) is 7.08. The van der Waals surface area contributed by atoms with E-state index in [0.717, 1.165) is 16.6 Å². The number of aryl methyl sites for hydroxylation is 2. The molecule has 2 N–H and O–H groups in total. The minimum absolute atomic E-state index is 0.439. The number of rotatable bonds is 1. The van der Waals surface area contributed by atoms with Crippen molar-refractivity contribution in [3.63, 3.8) is 0 Å². The van der Waals surface area contributed by atoms with Crippen molar-refractivity contribution >= 4 is 16.8 Å². The number of aromatic nitrogens is 2. The van der Waals surface area contributed by atoms with E-state index in [1.165, 1.54) is 0 Å². The van der Waals surface area contributed by atoms with E-state index in [4.69, 9.17) is 5.73 Å². The van der Waals surface area contributed by atoms with Crippen molar-refractivity contribution < 1.29 is 4.79 Å². The number of nitrogens with zero attached hydrogens (tertiary/aromatic N) is 2. The zero-order valence-corrected chi connectivity index (χ0v) is 8.61. The summed E-state index contributed by atoms with van der Waals surface area (Å²) >= 11 is 0. The van der Waals surface area contributed by atoms with Crippen LogP contribution in [0.1, 0.15) is 21.9 Å². The molecule has 0 bridgehead atoms. The first-order valence-electron chi connectivity index (χ1n) is 4.63. The summed E-state index contributed by atoms with van der Waals surface area (Å²) in [5.41, 5.74) is 7.34. The van der Waals surface area contributed by atoms with Gasteiger partial charge in [-0.1, -0.05) is 6.07 Å². The van der Waals surface area contributed by atoms with Crippen molar-refractivity contribution in [3.05, 3.63) is 35.3 Å². The summed E-state index contributed by atoms with van der Waals surface area (Å²) < 4.78 is 0. The fourth-order valence-corrected chi connectivity index (χ4v) is 1.59. The average molecular weight is 201 g/mol. The molecule has 4 heteroatoms. The molecule has 0 saturated heterocycles. The van der Waals surface area contributed by atoms with Crippen molar-refractivity contribution in [2.24, 2.45) is 5.73 Å². The maximum Gasteiger partial charge on any atom is 0.248 e. The summed E-state index contributed by atoms with van der Waals surface area (Å²) in [6, 6.07) is 5.21. The lowest BCUT2D eigenvalue weighted by Gasteiger charge is -2.03. The lowest BCUT2D eigenvalue weighted by Crippen LogP contribution is -2.10. The normalized spacial score (nSPS) is 10.5. The van der Waals surface area contributed by atoms with Crippen molar-refractivity contribution in [3.8, 4) is 0 Å². The fraction of sp³-hybridized carbons (Fsp3) is 0.182. The van der Waals surface area contributed by atoms with E-state index >= 15 is 0 Å². The first-order valence-corrected chi connectivity index (χ1v) is 4.63. The van der Waals surface area contributed by atoms with Crippen molar-refractivity contribution in [2.75, 3.05) is 0 Å². The van der Waals surface area contributed by atoms with Gasteiger partial charge in [-0.3, -0.25) is 4.79 Å². The zero-order chi connectivity index (χ0) is 11.0. The molecule has 0 radical (unpaired) electrons. The van der Waals surface area contributed by atoms with Crippen LogP contribution in [0.3, 0.4) is 0 Å². The number of hydrogen-bond donors (Lipinski definition) is 1. The number of primary amides is 1. The van der Waals surface area contributed by atoms with E-state index in [0.29, 0.717) is 11.4 Å². The van der Waals surface area contributed by atoms with E-state index in [9.17, 15) is 4.79 Å². The number of carbonyl (C=O) groups excluding carboxylic acids is 1. The summed E-state index contributed by atoms with van der Waals surface area (Å²) in [5.74, 6) is 0.257. The molecule has 0 aliphatic rings.